The minimum absolute atomic E-state index is 0.231. The van der Waals surface area contributed by atoms with Crippen LogP contribution in [0, 0.1) is 5.82 Å². The molecule has 1 aliphatic rings. The molecule has 0 spiro atoms. The van der Waals surface area contributed by atoms with E-state index in [2.05, 4.69) is 45.2 Å². The standard InChI is InChI=1S/C20H22FN3/c21-16-9-10-17-18(14-16)23-20(22-17)19-8-4-5-12-24(19)13-11-15-6-2-1-3-7-15/h1-3,6-7,9-10,14,19H,4-5,8,11-13H2,(H,22,23). The summed E-state index contributed by atoms with van der Waals surface area (Å²) in [5.74, 6) is 0.744. The Hall–Kier alpha value is -2.20. The van der Waals surface area contributed by atoms with Crippen molar-refractivity contribution in [3.05, 3.63) is 65.7 Å². The lowest BCUT2D eigenvalue weighted by Crippen LogP contribution is -2.35. The molecule has 1 saturated heterocycles. The van der Waals surface area contributed by atoms with E-state index in [1.807, 2.05) is 0 Å². The molecule has 3 nitrogen and oxygen atoms in total. The molecule has 3 aromatic rings. The fourth-order valence-electron chi connectivity index (χ4n) is 3.64. The molecule has 0 amide bonds. The summed E-state index contributed by atoms with van der Waals surface area (Å²) >= 11 is 0. The maximum absolute atomic E-state index is 13.4. The molecule has 1 aromatic heterocycles. The lowest BCUT2D eigenvalue weighted by molar-refractivity contribution is 0.144. The van der Waals surface area contributed by atoms with Crippen molar-refractivity contribution in [1.82, 2.24) is 14.9 Å². The third kappa shape index (κ3) is 3.20. The summed E-state index contributed by atoms with van der Waals surface area (Å²) in [5.41, 5.74) is 3.01. The molecule has 0 saturated carbocycles. The first kappa shape index (κ1) is 15.3. The molecule has 0 radical (unpaired) electrons. The third-order valence-electron chi connectivity index (χ3n) is 4.92. The molecule has 124 valence electrons. The number of hydrogen-bond acceptors (Lipinski definition) is 2. The van der Waals surface area contributed by atoms with Crippen molar-refractivity contribution >= 4 is 11.0 Å². The van der Waals surface area contributed by atoms with Crippen molar-refractivity contribution in [2.75, 3.05) is 13.1 Å². The van der Waals surface area contributed by atoms with Crippen molar-refractivity contribution in [2.45, 2.75) is 31.7 Å². The van der Waals surface area contributed by atoms with Gasteiger partial charge >= 0.3 is 0 Å². The first-order valence-corrected chi connectivity index (χ1v) is 8.73. The van der Waals surface area contributed by atoms with Gasteiger partial charge in [0.25, 0.3) is 0 Å². The third-order valence-corrected chi connectivity index (χ3v) is 4.92. The molecule has 2 aromatic carbocycles. The second-order valence-corrected chi connectivity index (χ2v) is 6.57. The number of rotatable bonds is 4. The highest BCUT2D eigenvalue weighted by molar-refractivity contribution is 5.75. The Morgan fingerprint density at radius 2 is 2.00 bits per heavy atom. The molecule has 1 fully saturated rings. The van der Waals surface area contributed by atoms with Gasteiger partial charge in [-0.3, -0.25) is 4.90 Å². The predicted molar refractivity (Wildman–Crippen MR) is 94.4 cm³/mol. The Kier molecular flexibility index (Phi) is 4.30. The largest absolute Gasteiger partial charge is 0.341 e. The summed E-state index contributed by atoms with van der Waals surface area (Å²) in [6.45, 7) is 2.13. The zero-order valence-electron chi connectivity index (χ0n) is 13.7. The zero-order valence-corrected chi connectivity index (χ0v) is 13.7. The van der Waals surface area contributed by atoms with E-state index in [9.17, 15) is 4.39 Å². The first-order valence-electron chi connectivity index (χ1n) is 8.73. The highest BCUT2D eigenvalue weighted by atomic mass is 19.1. The number of nitrogens with zero attached hydrogens (tertiary/aromatic N) is 2. The lowest BCUT2D eigenvalue weighted by atomic mass is 10.0. The molecule has 4 heteroatoms. The van der Waals surface area contributed by atoms with Gasteiger partial charge in [-0.15, -0.1) is 0 Å². The van der Waals surface area contributed by atoms with Crippen LogP contribution in [0.15, 0.2) is 48.5 Å². The maximum atomic E-state index is 13.4. The van der Waals surface area contributed by atoms with E-state index >= 15 is 0 Å². The molecule has 1 atom stereocenters. The summed E-state index contributed by atoms with van der Waals surface area (Å²) in [5, 5.41) is 0. The van der Waals surface area contributed by atoms with Crippen molar-refractivity contribution in [3.8, 4) is 0 Å². The van der Waals surface area contributed by atoms with E-state index in [0.717, 1.165) is 42.8 Å². The van der Waals surface area contributed by atoms with Crippen LogP contribution in [-0.4, -0.2) is 28.0 Å². The number of aromatic nitrogens is 2. The quantitative estimate of drug-likeness (QED) is 0.768. The Balaban J connectivity index is 1.54. The highest BCUT2D eigenvalue weighted by Crippen LogP contribution is 2.30. The number of halogens is 1. The Morgan fingerprint density at radius 3 is 2.88 bits per heavy atom. The number of hydrogen-bond donors (Lipinski definition) is 1. The smallest absolute Gasteiger partial charge is 0.125 e. The number of H-pyrrole nitrogens is 1. The number of piperidine rings is 1. The summed E-state index contributed by atoms with van der Waals surface area (Å²) < 4.78 is 13.4. The minimum atomic E-state index is -0.231. The Morgan fingerprint density at radius 1 is 1.12 bits per heavy atom. The molecule has 1 aliphatic heterocycles. The molecule has 1 N–H and O–H groups in total. The van der Waals surface area contributed by atoms with E-state index in [1.165, 1.54) is 30.5 Å². The van der Waals surface area contributed by atoms with Crippen molar-refractivity contribution < 1.29 is 4.39 Å². The molecule has 0 aliphatic carbocycles. The predicted octanol–water partition coefficient (Wildman–Crippen LogP) is 4.47. The van der Waals surface area contributed by atoms with Crippen LogP contribution in [0.2, 0.25) is 0 Å². The van der Waals surface area contributed by atoms with Gasteiger partial charge in [-0.1, -0.05) is 36.8 Å². The van der Waals surface area contributed by atoms with Crippen LogP contribution in [0.1, 0.15) is 36.7 Å². The maximum Gasteiger partial charge on any atom is 0.125 e. The van der Waals surface area contributed by atoms with Crippen molar-refractivity contribution in [1.29, 1.82) is 0 Å². The average Bonchev–Trinajstić information content (AvgIpc) is 3.04. The SMILES string of the molecule is Fc1ccc2[nH]c(C3CCCCN3CCc3ccccc3)nc2c1. The van der Waals surface area contributed by atoms with Gasteiger partial charge in [-0.2, -0.15) is 0 Å². The topological polar surface area (TPSA) is 31.9 Å². The summed E-state index contributed by atoms with van der Waals surface area (Å²) in [6.07, 6.45) is 4.61. The Bertz CT molecular complexity index is 812. The van der Waals surface area contributed by atoms with Crippen molar-refractivity contribution in [2.24, 2.45) is 0 Å². The average molecular weight is 323 g/mol. The monoisotopic (exact) mass is 323 g/mol. The summed E-state index contributed by atoms with van der Waals surface area (Å²) in [4.78, 5) is 10.6. The number of nitrogens with one attached hydrogen (secondary N) is 1. The number of likely N-dealkylation sites (tertiary alicyclic amines) is 1. The summed E-state index contributed by atoms with van der Waals surface area (Å²) in [7, 11) is 0. The van der Waals surface area contributed by atoms with E-state index in [0.29, 0.717) is 6.04 Å². The van der Waals surface area contributed by atoms with Gasteiger partial charge in [-0.05, 0) is 43.5 Å². The van der Waals surface area contributed by atoms with Crippen LogP contribution >= 0.6 is 0 Å². The molecule has 1 unspecified atom stereocenters. The molecule has 24 heavy (non-hydrogen) atoms. The van der Waals surface area contributed by atoms with E-state index in [1.54, 1.807) is 6.07 Å². The number of benzene rings is 2. The summed E-state index contributed by atoms with van der Waals surface area (Å²) in [6, 6.07) is 15.7. The molecular formula is C20H22FN3. The normalized spacial score (nSPS) is 19.0. The van der Waals surface area contributed by atoms with Gasteiger partial charge in [0.15, 0.2) is 0 Å². The van der Waals surface area contributed by atoms with Crippen LogP contribution in [0.5, 0.6) is 0 Å². The van der Waals surface area contributed by atoms with Crippen LogP contribution in [0.4, 0.5) is 4.39 Å². The zero-order chi connectivity index (χ0) is 16.4. The second-order valence-electron chi connectivity index (χ2n) is 6.57. The molecule has 2 heterocycles. The minimum Gasteiger partial charge on any atom is -0.341 e. The van der Waals surface area contributed by atoms with E-state index in [4.69, 9.17) is 0 Å². The van der Waals surface area contributed by atoms with Crippen LogP contribution < -0.4 is 0 Å². The first-order chi connectivity index (χ1) is 11.8. The van der Waals surface area contributed by atoms with Gasteiger partial charge in [-0.25, -0.2) is 9.37 Å². The Labute approximate surface area is 141 Å². The number of aromatic amines is 1. The van der Waals surface area contributed by atoms with Gasteiger partial charge < -0.3 is 4.98 Å². The fraction of sp³-hybridized carbons (Fsp3) is 0.350. The lowest BCUT2D eigenvalue weighted by Gasteiger charge is -2.34. The van der Waals surface area contributed by atoms with Gasteiger partial charge in [0.2, 0.25) is 0 Å². The van der Waals surface area contributed by atoms with Gasteiger partial charge in [0.05, 0.1) is 17.1 Å². The molecule has 4 rings (SSSR count). The number of fused-ring (bicyclic) bond motifs is 1. The second kappa shape index (κ2) is 6.73. The highest BCUT2D eigenvalue weighted by Gasteiger charge is 2.26. The molecular weight excluding hydrogens is 301 g/mol. The van der Waals surface area contributed by atoms with E-state index < -0.39 is 0 Å². The van der Waals surface area contributed by atoms with Crippen LogP contribution in [0.3, 0.4) is 0 Å². The van der Waals surface area contributed by atoms with E-state index in [-0.39, 0.29) is 5.82 Å². The fourth-order valence-corrected chi connectivity index (χ4v) is 3.64. The van der Waals surface area contributed by atoms with Gasteiger partial charge in [0, 0.05) is 12.6 Å². The van der Waals surface area contributed by atoms with Gasteiger partial charge in [0.1, 0.15) is 11.6 Å². The number of imidazole rings is 1. The molecule has 0 bridgehead atoms. The van der Waals surface area contributed by atoms with Crippen LogP contribution in [0.25, 0.3) is 11.0 Å². The van der Waals surface area contributed by atoms with Crippen LogP contribution in [-0.2, 0) is 6.42 Å². The van der Waals surface area contributed by atoms with Crippen molar-refractivity contribution in [3.63, 3.8) is 0 Å².